The number of anilines is 1. The molecule has 0 atom stereocenters. The molecule has 24 heavy (non-hydrogen) atoms. The van der Waals surface area contributed by atoms with Crippen molar-refractivity contribution in [2.75, 3.05) is 37.3 Å². The summed E-state index contributed by atoms with van der Waals surface area (Å²) in [6, 6.07) is 14.6. The Bertz CT molecular complexity index is 802. The fourth-order valence-corrected chi connectivity index (χ4v) is 4.99. The molecule has 4 nitrogen and oxygen atoms in total. The Labute approximate surface area is 152 Å². The van der Waals surface area contributed by atoms with E-state index in [9.17, 15) is 8.42 Å². The van der Waals surface area contributed by atoms with Crippen molar-refractivity contribution in [3.05, 3.63) is 53.6 Å². The molecule has 2 aromatic carbocycles. The van der Waals surface area contributed by atoms with Gasteiger partial charge in [-0.05, 0) is 42.7 Å². The van der Waals surface area contributed by atoms with Crippen molar-refractivity contribution in [3.63, 3.8) is 0 Å². The van der Waals surface area contributed by atoms with Gasteiger partial charge in [0.05, 0.1) is 10.6 Å². The van der Waals surface area contributed by atoms with E-state index in [1.165, 1.54) is 10.6 Å². The molecule has 128 valence electrons. The van der Waals surface area contributed by atoms with E-state index >= 15 is 0 Å². The van der Waals surface area contributed by atoms with E-state index in [1.807, 2.05) is 12.1 Å². The SMILES string of the molecule is CSc1ccccc1N1CCN(S(=O)(=O)c2ccc(Cl)cc2)CC1. The number of piperazine rings is 1. The number of thioether (sulfide) groups is 1. The van der Waals surface area contributed by atoms with Crippen LogP contribution < -0.4 is 4.90 Å². The van der Waals surface area contributed by atoms with Gasteiger partial charge in [0, 0.05) is 36.1 Å². The molecule has 1 aliphatic rings. The molecule has 0 spiro atoms. The van der Waals surface area contributed by atoms with Gasteiger partial charge in [-0.25, -0.2) is 8.42 Å². The van der Waals surface area contributed by atoms with Crippen LogP contribution in [0.2, 0.25) is 5.02 Å². The number of para-hydroxylation sites is 1. The largest absolute Gasteiger partial charge is 0.368 e. The van der Waals surface area contributed by atoms with E-state index in [2.05, 4.69) is 23.3 Å². The maximum atomic E-state index is 12.7. The third-order valence-electron chi connectivity index (χ3n) is 4.12. The summed E-state index contributed by atoms with van der Waals surface area (Å²) in [5.41, 5.74) is 1.17. The van der Waals surface area contributed by atoms with Gasteiger partial charge in [0.25, 0.3) is 0 Å². The Kier molecular flexibility index (Phi) is 5.39. The molecule has 1 fully saturated rings. The molecule has 0 radical (unpaired) electrons. The Balaban J connectivity index is 1.74. The highest BCUT2D eigenvalue weighted by Crippen LogP contribution is 2.29. The zero-order chi connectivity index (χ0) is 17.2. The number of rotatable bonds is 4. The van der Waals surface area contributed by atoms with Crippen molar-refractivity contribution in [3.8, 4) is 0 Å². The smallest absolute Gasteiger partial charge is 0.243 e. The van der Waals surface area contributed by atoms with Gasteiger partial charge in [-0.1, -0.05) is 23.7 Å². The van der Waals surface area contributed by atoms with Gasteiger partial charge in [0.2, 0.25) is 10.0 Å². The second-order valence-corrected chi connectivity index (χ2v) is 8.74. The number of benzene rings is 2. The summed E-state index contributed by atoms with van der Waals surface area (Å²) in [5, 5.41) is 0.535. The van der Waals surface area contributed by atoms with Crippen LogP contribution in [-0.2, 0) is 10.0 Å². The summed E-state index contributed by atoms with van der Waals surface area (Å²) >= 11 is 7.55. The molecule has 0 bridgehead atoms. The number of sulfonamides is 1. The second kappa shape index (κ2) is 7.35. The molecule has 0 saturated carbocycles. The average molecular weight is 383 g/mol. The number of nitrogens with zero attached hydrogens (tertiary/aromatic N) is 2. The Morgan fingerprint density at radius 1 is 0.958 bits per heavy atom. The van der Waals surface area contributed by atoms with Crippen LogP contribution in [0.3, 0.4) is 0 Å². The average Bonchev–Trinajstić information content (AvgIpc) is 2.62. The van der Waals surface area contributed by atoms with Crippen molar-refractivity contribution in [2.45, 2.75) is 9.79 Å². The standard InChI is InChI=1S/C17H19ClN2O2S2/c1-23-17-5-3-2-4-16(17)19-10-12-20(13-11-19)24(21,22)15-8-6-14(18)7-9-15/h2-9H,10-13H2,1H3. The molecule has 1 heterocycles. The van der Waals surface area contributed by atoms with Crippen molar-refractivity contribution < 1.29 is 8.42 Å². The highest BCUT2D eigenvalue weighted by molar-refractivity contribution is 7.98. The Hall–Kier alpha value is -1.21. The lowest BCUT2D eigenvalue weighted by Gasteiger charge is -2.36. The Morgan fingerprint density at radius 2 is 1.58 bits per heavy atom. The summed E-state index contributed by atoms with van der Waals surface area (Å²) in [6.45, 7) is 2.33. The zero-order valence-corrected chi connectivity index (χ0v) is 15.7. The topological polar surface area (TPSA) is 40.6 Å². The normalized spacial score (nSPS) is 16.3. The molecule has 0 unspecified atom stereocenters. The molecular weight excluding hydrogens is 364 g/mol. The first-order valence-electron chi connectivity index (χ1n) is 7.66. The van der Waals surface area contributed by atoms with E-state index in [-0.39, 0.29) is 0 Å². The van der Waals surface area contributed by atoms with Crippen LogP contribution in [0.5, 0.6) is 0 Å². The van der Waals surface area contributed by atoms with Crippen molar-refractivity contribution in [1.82, 2.24) is 4.31 Å². The van der Waals surface area contributed by atoms with E-state index in [4.69, 9.17) is 11.6 Å². The van der Waals surface area contributed by atoms with Gasteiger partial charge in [0.1, 0.15) is 0 Å². The fraction of sp³-hybridized carbons (Fsp3) is 0.294. The van der Waals surface area contributed by atoms with E-state index in [0.717, 1.165) is 0 Å². The lowest BCUT2D eigenvalue weighted by atomic mass is 10.2. The van der Waals surface area contributed by atoms with Crippen LogP contribution in [0.25, 0.3) is 0 Å². The minimum Gasteiger partial charge on any atom is -0.368 e. The first-order valence-corrected chi connectivity index (χ1v) is 10.7. The summed E-state index contributed by atoms with van der Waals surface area (Å²) in [6.07, 6.45) is 2.06. The monoisotopic (exact) mass is 382 g/mol. The number of halogens is 1. The van der Waals surface area contributed by atoms with E-state index in [1.54, 1.807) is 40.3 Å². The maximum Gasteiger partial charge on any atom is 0.243 e. The lowest BCUT2D eigenvalue weighted by molar-refractivity contribution is 0.384. The van der Waals surface area contributed by atoms with Crippen LogP contribution in [0.15, 0.2) is 58.3 Å². The van der Waals surface area contributed by atoms with Gasteiger partial charge in [-0.15, -0.1) is 11.8 Å². The van der Waals surface area contributed by atoms with Crippen LogP contribution in [0, 0.1) is 0 Å². The number of hydrogen-bond donors (Lipinski definition) is 0. The molecule has 7 heteroatoms. The molecule has 0 aromatic heterocycles. The molecule has 0 amide bonds. The molecule has 0 aliphatic carbocycles. The third-order valence-corrected chi connectivity index (χ3v) is 7.07. The zero-order valence-electron chi connectivity index (χ0n) is 13.4. The summed E-state index contributed by atoms with van der Waals surface area (Å²) in [7, 11) is -3.46. The fourth-order valence-electron chi connectivity index (χ4n) is 2.82. The number of hydrogen-bond acceptors (Lipinski definition) is 4. The van der Waals surface area contributed by atoms with Gasteiger partial charge in [-0.2, -0.15) is 4.31 Å². The minimum absolute atomic E-state index is 0.296. The first kappa shape index (κ1) is 17.6. The third kappa shape index (κ3) is 3.57. The van der Waals surface area contributed by atoms with Gasteiger partial charge < -0.3 is 4.90 Å². The molecule has 3 rings (SSSR count). The summed E-state index contributed by atoms with van der Waals surface area (Å²) in [5.74, 6) is 0. The lowest BCUT2D eigenvalue weighted by Crippen LogP contribution is -2.48. The first-order chi connectivity index (χ1) is 11.5. The Morgan fingerprint density at radius 3 is 2.21 bits per heavy atom. The minimum atomic E-state index is -3.46. The predicted molar refractivity (Wildman–Crippen MR) is 101 cm³/mol. The van der Waals surface area contributed by atoms with E-state index in [0.29, 0.717) is 36.1 Å². The van der Waals surface area contributed by atoms with Crippen molar-refractivity contribution in [1.29, 1.82) is 0 Å². The highest BCUT2D eigenvalue weighted by atomic mass is 35.5. The summed E-state index contributed by atoms with van der Waals surface area (Å²) in [4.78, 5) is 3.76. The maximum absolute atomic E-state index is 12.7. The second-order valence-electron chi connectivity index (χ2n) is 5.52. The molecule has 1 aliphatic heterocycles. The molecule has 1 saturated heterocycles. The predicted octanol–water partition coefficient (Wildman–Crippen LogP) is 3.57. The van der Waals surface area contributed by atoms with E-state index < -0.39 is 10.0 Å². The van der Waals surface area contributed by atoms with Crippen LogP contribution in [0.1, 0.15) is 0 Å². The van der Waals surface area contributed by atoms with Crippen molar-refractivity contribution in [2.24, 2.45) is 0 Å². The van der Waals surface area contributed by atoms with Crippen LogP contribution in [-0.4, -0.2) is 45.2 Å². The van der Waals surface area contributed by atoms with Gasteiger partial charge >= 0.3 is 0 Å². The summed E-state index contributed by atoms with van der Waals surface area (Å²) < 4.78 is 27.0. The molecular formula is C17H19ClN2O2S2. The van der Waals surface area contributed by atoms with Gasteiger partial charge in [0.15, 0.2) is 0 Å². The van der Waals surface area contributed by atoms with Crippen molar-refractivity contribution >= 4 is 39.1 Å². The highest BCUT2D eigenvalue weighted by Gasteiger charge is 2.29. The quantitative estimate of drug-likeness (QED) is 0.758. The van der Waals surface area contributed by atoms with Crippen LogP contribution >= 0.6 is 23.4 Å². The van der Waals surface area contributed by atoms with Gasteiger partial charge in [-0.3, -0.25) is 0 Å². The molecule has 0 N–H and O–H groups in total. The molecule has 2 aromatic rings. The van der Waals surface area contributed by atoms with Crippen LogP contribution in [0.4, 0.5) is 5.69 Å².